The van der Waals surface area contributed by atoms with Gasteiger partial charge >= 0.3 is 5.97 Å². The average Bonchev–Trinajstić information content (AvgIpc) is 3.42. The van der Waals surface area contributed by atoms with Crippen molar-refractivity contribution in [3.63, 3.8) is 0 Å². The average molecular weight is 405 g/mol. The van der Waals surface area contributed by atoms with Crippen LogP contribution in [0.3, 0.4) is 0 Å². The lowest BCUT2D eigenvalue weighted by atomic mass is 10.0. The smallest absolute Gasteiger partial charge is 0.335 e. The number of aromatic nitrogens is 1. The molecule has 1 fully saturated rings. The maximum atomic E-state index is 11.1. The summed E-state index contributed by atoms with van der Waals surface area (Å²) in [5.74, 6) is 0.614. The Balaban J connectivity index is 1.49. The molecule has 1 saturated heterocycles. The summed E-state index contributed by atoms with van der Waals surface area (Å²) in [6.07, 6.45) is 1.79. The third-order valence-corrected chi connectivity index (χ3v) is 6.32. The van der Waals surface area contributed by atoms with Crippen LogP contribution in [-0.4, -0.2) is 37.9 Å². The molecule has 3 aromatic rings. The van der Waals surface area contributed by atoms with Crippen molar-refractivity contribution in [1.29, 1.82) is 0 Å². The van der Waals surface area contributed by atoms with Gasteiger partial charge in [0.05, 0.1) is 11.3 Å². The Morgan fingerprint density at radius 1 is 1.17 bits per heavy atom. The molecule has 5 rings (SSSR count). The summed E-state index contributed by atoms with van der Waals surface area (Å²) in [5.41, 5.74) is 2.03. The lowest BCUT2D eigenvalue weighted by Gasteiger charge is -2.25. The Morgan fingerprint density at radius 3 is 2.72 bits per heavy atom. The zero-order chi connectivity index (χ0) is 20.0. The quantitative estimate of drug-likeness (QED) is 0.682. The molecule has 3 atom stereocenters. The lowest BCUT2D eigenvalue weighted by Crippen LogP contribution is -2.28. The van der Waals surface area contributed by atoms with E-state index < -0.39 is 5.97 Å². The molecule has 0 amide bonds. The van der Waals surface area contributed by atoms with Crippen molar-refractivity contribution in [1.82, 2.24) is 9.88 Å². The third kappa shape index (κ3) is 3.21. The number of hydrogen-bond acceptors (Lipinski definition) is 6. The van der Waals surface area contributed by atoms with Crippen LogP contribution in [0.2, 0.25) is 0 Å². The Kier molecular flexibility index (Phi) is 4.39. The van der Waals surface area contributed by atoms with E-state index in [1.807, 2.05) is 30.3 Å². The highest BCUT2D eigenvalue weighted by Gasteiger charge is 2.45. The molecule has 0 saturated carbocycles. The first kappa shape index (κ1) is 18.0. The maximum Gasteiger partial charge on any atom is 0.335 e. The van der Waals surface area contributed by atoms with Gasteiger partial charge in [-0.05, 0) is 36.4 Å². The van der Waals surface area contributed by atoms with Crippen LogP contribution in [-0.2, 0) is 0 Å². The molecule has 6 nitrogen and oxygen atoms in total. The molecule has 1 N–H and O–H groups in total. The van der Waals surface area contributed by atoms with Gasteiger partial charge in [-0.3, -0.25) is 4.98 Å². The zero-order valence-corrected chi connectivity index (χ0v) is 16.5. The second kappa shape index (κ2) is 7.08. The lowest BCUT2D eigenvalue weighted by molar-refractivity contribution is 0.0697. The van der Waals surface area contributed by atoms with Crippen LogP contribution >= 0.6 is 11.8 Å². The molecule has 4 heterocycles. The predicted octanol–water partition coefficient (Wildman–Crippen LogP) is 4.63. The fourth-order valence-electron chi connectivity index (χ4n) is 3.87. The molecular weight excluding hydrogens is 386 g/mol. The standard InChI is InChI=1S/C22H19N3O3S/c1-13-12-25-20(19(24-22(25)29-13)16-4-2-3-11-23-16)18-10-9-17(28-18)14-5-7-15(8-6-14)21(26)27/h2-11,13,19-20H,12H2,1H3,(H,26,27). The highest BCUT2D eigenvalue weighted by atomic mass is 32.2. The van der Waals surface area contributed by atoms with Crippen molar-refractivity contribution >= 4 is 22.9 Å². The summed E-state index contributed by atoms with van der Waals surface area (Å²) < 4.78 is 6.25. The number of benzene rings is 1. The largest absolute Gasteiger partial charge is 0.478 e. The summed E-state index contributed by atoms with van der Waals surface area (Å²) >= 11 is 1.79. The summed E-state index contributed by atoms with van der Waals surface area (Å²) in [7, 11) is 0. The second-order valence-electron chi connectivity index (χ2n) is 7.22. The molecule has 3 unspecified atom stereocenters. The number of amidine groups is 1. The number of aromatic carboxylic acids is 1. The number of pyridine rings is 1. The fraction of sp³-hybridized carbons (Fsp3) is 0.227. The van der Waals surface area contributed by atoms with Crippen LogP contribution in [0, 0.1) is 0 Å². The van der Waals surface area contributed by atoms with Crippen LogP contribution < -0.4 is 0 Å². The van der Waals surface area contributed by atoms with E-state index in [9.17, 15) is 4.79 Å². The van der Waals surface area contributed by atoms with Gasteiger partial charge in [0, 0.05) is 23.6 Å². The molecule has 1 aromatic carbocycles. The Bertz CT molecular complexity index is 1080. The van der Waals surface area contributed by atoms with E-state index in [1.54, 1.807) is 42.2 Å². The number of carboxylic acids is 1. The van der Waals surface area contributed by atoms with Gasteiger partial charge < -0.3 is 14.4 Å². The highest BCUT2D eigenvalue weighted by Crippen LogP contribution is 2.48. The minimum Gasteiger partial charge on any atom is -0.478 e. The van der Waals surface area contributed by atoms with Crippen molar-refractivity contribution in [2.24, 2.45) is 4.99 Å². The normalized spacial score (nSPS) is 23.1. The molecule has 0 radical (unpaired) electrons. The zero-order valence-electron chi connectivity index (χ0n) is 15.7. The van der Waals surface area contributed by atoms with Crippen molar-refractivity contribution < 1.29 is 14.3 Å². The predicted molar refractivity (Wildman–Crippen MR) is 112 cm³/mol. The number of rotatable bonds is 4. The summed E-state index contributed by atoms with van der Waals surface area (Å²) in [6, 6.07) is 16.4. The summed E-state index contributed by atoms with van der Waals surface area (Å²) in [6.45, 7) is 3.12. The van der Waals surface area contributed by atoms with Crippen LogP contribution in [0.5, 0.6) is 0 Å². The number of carboxylic acid groups (broad SMARTS) is 1. The van der Waals surface area contributed by atoms with E-state index >= 15 is 0 Å². The van der Waals surface area contributed by atoms with E-state index in [4.69, 9.17) is 14.5 Å². The molecule has 7 heteroatoms. The first-order valence-corrected chi connectivity index (χ1v) is 10.3. The van der Waals surface area contributed by atoms with Gasteiger partial charge in [0.2, 0.25) is 0 Å². The van der Waals surface area contributed by atoms with E-state index in [1.165, 1.54) is 0 Å². The molecule has 0 spiro atoms. The molecule has 2 aromatic heterocycles. The first-order valence-electron chi connectivity index (χ1n) is 9.45. The number of fused-ring (bicyclic) bond motifs is 1. The number of thioether (sulfide) groups is 1. The van der Waals surface area contributed by atoms with E-state index in [0.717, 1.165) is 28.7 Å². The molecule has 0 aliphatic carbocycles. The Hall–Kier alpha value is -3.06. The fourth-order valence-corrected chi connectivity index (χ4v) is 4.96. The molecule has 146 valence electrons. The Morgan fingerprint density at radius 2 is 2.00 bits per heavy atom. The molecule has 29 heavy (non-hydrogen) atoms. The minimum absolute atomic E-state index is 0.0376. The van der Waals surface area contributed by atoms with Crippen LogP contribution in [0.15, 0.2) is 70.2 Å². The van der Waals surface area contributed by atoms with Gasteiger partial charge in [-0.15, -0.1) is 0 Å². The van der Waals surface area contributed by atoms with Crippen molar-refractivity contribution in [2.75, 3.05) is 6.54 Å². The molecular formula is C22H19N3O3S. The topological polar surface area (TPSA) is 78.9 Å². The molecule has 0 bridgehead atoms. The minimum atomic E-state index is -0.939. The van der Waals surface area contributed by atoms with Gasteiger partial charge in [0.1, 0.15) is 23.6 Å². The van der Waals surface area contributed by atoms with Gasteiger partial charge in [-0.2, -0.15) is 0 Å². The molecule has 2 aliphatic heterocycles. The highest BCUT2D eigenvalue weighted by molar-refractivity contribution is 8.14. The van der Waals surface area contributed by atoms with Crippen LogP contribution in [0.25, 0.3) is 11.3 Å². The van der Waals surface area contributed by atoms with E-state index in [-0.39, 0.29) is 17.6 Å². The monoisotopic (exact) mass is 405 g/mol. The van der Waals surface area contributed by atoms with Crippen LogP contribution in [0.4, 0.5) is 0 Å². The van der Waals surface area contributed by atoms with Gasteiger partial charge in [-0.25, -0.2) is 9.79 Å². The Labute approximate surface area is 172 Å². The molecule has 2 aliphatic rings. The third-order valence-electron chi connectivity index (χ3n) is 5.22. The van der Waals surface area contributed by atoms with E-state index in [0.29, 0.717) is 11.0 Å². The van der Waals surface area contributed by atoms with Crippen LogP contribution in [0.1, 0.15) is 40.8 Å². The second-order valence-corrected chi connectivity index (χ2v) is 8.63. The number of hydrogen-bond donors (Lipinski definition) is 1. The van der Waals surface area contributed by atoms with Crippen molar-refractivity contribution in [3.05, 3.63) is 77.8 Å². The summed E-state index contributed by atoms with van der Waals surface area (Å²) in [4.78, 5) is 22.9. The number of nitrogens with zero attached hydrogens (tertiary/aromatic N) is 3. The van der Waals surface area contributed by atoms with Gasteiger partial charge in [-0.1, -0.05) is 36.9 Å². The first-order chi connectivity index (χ1) is 14.1. The van der Waals surface area contributed by atoms with Crippen molar-refractivity contribution in [3.8, 4) is 11.3 Å². The van der Waals surface area contributed by atoms with E-state index in [2.05, 4.69) is 16.8 Å². The maximum absolute atomic E-state index is 11.1. The van der Waals surface area contributed by atoms with Gasteiger partial charge in [0.15, 0.2) is 5.17 Å². The van der Waals surface area contributed by atoms with Gasteiger partial charge in [0.25, 0.3) is 0 Å². The number of carbonyl (C=O) groups is 1. The summed E-state index contributed by atoms with van der Waals surface area (Å²) in [5, 5.41) is 10.6. The SMILES string of the molecule is CC1CN2C(=NC(c3ccccn3)C2c2ccc(-c3ccc(C(=O)O)cc3)o2)S1. The number of aliphatic imine (C=N–C) groups is 1. The van der Waals surface area contributed by atoms with Crippen molar-refractivity contribution in [2.45, 2.75) is 24.3 Å². The number of furan rings is 1.